The van der Waals surface area contributed by atoms with Crippen LogP contribution in [-0.2, 0) is 20.0 Å². The van der Waals surface area contributed by atoms with E-state index in [4.69, 9.17) is 5.14 Å². The van der Waals surface area contributed by atoms with Gasteiger partial charge in [0.2, 0.25) is 20.0 Å². The monoisotopic (exact) mass is 336 g/mol. The third kappa shape index (κ3) is 6.85. The van der Waals surface area contributed by atoms with Crippen molar-refractivity contribution in [2.75, 3.05) is 24.2 Å². The summed E-state index contributed by atoms with van der Waals surface area (Å²) >= 11 is 0. The maximum absolute atomic E-state index is 12.0. The molecule has 1 aromatic heterocycles. The predicted octanol–water partition coefficient (Wildman–Crippen LogP) is -0.140. The Hall–Kier alpha value is -1.23. The number of anilines is 1. The zero-order valence-corrected chi connectivity index (χ0v) is 13.4. The third-order valence-electron chi connectivity index (χ3n) is 2.50. The van der Waals surface area contributed by atoms with Crippen LogP contribution in [0, 0.1) is 0 Å². The Bertz CT molecular complexity index is 659. The van der Waals surface area contributed by atoms with Gasteiger partial charge in [-0.15, -0.1) is 0 Å². The molecule has 0 bridgehead atoms. The number of sulfonamides is 2. The van der Waals surface area contributed by atoms with Crippen molar-refractivity contribution in [3.8, 4) is 0 Å². The minimum atomic E-state index is -3.69. The van der Waals surface area contributed by atoms with Crippen LogP contribution in [0.5, 0.6) is 0 Å². The van der Waals surface area contributed by atoms with E-state index < -0.39 is 20.0 Å². The fourth-order valence-electron chi connectivity index (χ4n) is 1.49. The summed E-state index contributed by atoms with van der Waals surface area (Å²) in [6.45, 7) is 2.68. The predicted molar refractivity (Wildman–Crippen MR) is 80.8 cm³/mol. The molecular formula is C11H20N4O4S2. The van der Waals surface area contributed by atoms with E-state index in [1.807, 2.05) is 6.92 Å². The van der Waals surface area contributed by atoms with E-state index >= 15 is 0 Å². The highest BCUT2D eigenvalue weighted by Crippen LogP contribution is 2.12. The number of primary sulfonamides is 1. The van der Waals surface area contributed by atoms with Gasteiger partial charge in [-0.2, -0.15) is 0 Å². The number of rotatable bonds is 9. The van der Waals surface area contributed by atoms with Crippen molar-refractivity contribution in [3.05, 3.63) is 18.3 Å². The molecule has 120 valence electrons. The van der Waals surface area contributed by atoms with Crippen molar-refractivity contribution < 1.29 is 16.8 Å². The van der Waals surface area contributed by atoms with E-state index in [0.717, 1.165) is 6.42 Å². The highest BCUT2D eigenvalue weighted by Gasteiger charge is 2.14. The summed E-state index contributed by atoms with van der Waals surface area (Å²) in [4.78, 5) is 4.10. The van der Waals surface area contributed by atoms with Crippen molar-refractivity contribution >= 4 is 25.9 Å². The summed E-state index contributed by atoms with van der Waals surface area (Å²) in [5, 5.41) is 7.84. The number of hydrogen-bond donors (Lipinski definition) is 3. The SMILES string of the molecule is CCCNc1cc(S(=O)(=O)NCCCS(N)(=O)=O)ccn1. The summed E-state index contributed by atoms with van der Waals surface area (Å²) in [6.07, 6.45) is 2.41. The first-order valence-corrected chi connectivity index (χ1v) is 9.64. The second-order valence-electron chi connectivity index (χ2n) is 4.42. The first-order chi connectivity index (χ1) is 9.74. The maximum Gasteiger partial charge on any atom is 0.240 e. The molecule has 1 aromatic rings. The third-order valence-corrected chi connectivity index (χ3v) is 4.81. The zero-order chi connectivity index (χ0) is 15.9. The molecular weight excluding hydrogens is 316 g/mol. The van der Waals surface area contributed by atoms with Gasteiger partial charge in [0.05, 0.1) is 10.6 Å². The number of nitrogens with one attached hydrogen (secondary N) is 2. The summed E-state index contributed by atoms with van der Waals surface area (Å²) in [7, 11) is -7.27. The van der Waals surface area contributed by atoms with Gasteiger partial charge in [0.15, 0.2) is 0 Å². The summed E-state index contributed by atoms with van der Waals surface area (Å²) < 4.78 is 47.9. The Kier molecular flexibility index (Phi) is 6.52. The average Bonchev–Trinajstić information content (AvgIpc) is 2.41. The summed E-state index contributed by atoms with van der Waals surface area (Å²) in [6, 6.07) is 2.80. The fraction of sp³-hybridized carbons (Fsp3) is 0.545. The molecule has 1 rings (SSSR count). The molecule has 8 nitrogen and oxygen atoms in total. The lowest BCUT2D eigenvalue weighted by atomic mass is 10.4. The molecule has 0 aliphatic heterocycles. The first-order valence-electron chi connectivity index (χ1n) is 6.44. The smallest absolute Gasteiger partial charge is 0.240 e. The van der Waals surface area contributed by atoms with Crippen molar-refractivity contribution in [3.63, 3.8) is 0 Å². The molecule has 4 N–H and O–H groups in total. The molecule has 0 aliphatic carbocycles. The molecule has 10 heteroatoms. The van der Waals surface area contributed by atoms with Gasteiger partial charge >= 0.3 is 0 Å². The molecule has 0 atom stereocenters. The second kappa shape index (κ2) is 7.69. The highest BCUT2D eigenvalue weighted by atomic mass is 32.2. The van der Waals surface area contributed by atoms with Crippen molar-refractivity contribution in [2.45, 2.75) is 24.7 Å². The Morgan fingerprint density at radius 1 is 1.24 bits per heavy atom. The van der Waals surface area contributed by atoms with Crippen LogP contribution in [0.1, 0.15) is 19.8 Å². The van der Waals surface area contributed by atoms with Gasteiger partial charge in [-0.05, 0) is 18.9 Å². The Morgan fingerprint density at radius 2 is 1.95 bits per heavy atom. The van der Waals surface area contributed by atoms with Gasteiger partial charge < -0.3 is 5.32 Å². The molecule has 21 heavy (non-hydrogen) atoms. The van der Waals surface area contributed by atoms with Crippen molar-refractivity contribution in [2.24, 2.45) is 5.14 Å². The molecule has 0 saturated carbocycles. The van der Waals surface area contributed by atoms with E-state index in [1.54, 1.807) is 0 Å². The normalized spacial score (nSPS) is 12.3. The summed E-state index contributed by atoms with van der Waals surface area (Å²) in [5.74, 6) is 0.207. The minimum absolute atomic E-state index is 0.00118. The van der Waals surface area contributed by atoms with Crippen LogP contribution in [0.4, 0.5) is 5.82 Å². The van der Waals surface area contributed by atoms with E-state index in [0.29, 0.717) is 12.4 Å². The molecule has 0 aromatic carbocycles. The Morgan fingerprint density at radius 3 is 2.57 bits per heavy atom. The zero-order valence-electron chi connectivity index (χ0n) is 11.7. The fourth-order valence-corrected chi connectivity index (χ4v) is 3.12. The lowest BCUT2D eigenvalue weighted by Gasteiger charge is -2.08. The maximum atomic E-state index is 12.0. The molecule has 0 amide bonds. The Balaban J connectivity index is 2.65. The van der Waals surface area contributed by atoms with Gasteiger partial charge in [-0.1, -0.05) is 6.92 Å². The van der Waals surface area contributed by atoms with E-state index in [9.17, 15) is 16.8 Å². The second-order valence-corrected chi connectivity index (χ2v) is 7.92. The molecule has 1 heterocycles. The van der Waals surface area contributed by atoms with E-state index in [-0.39, 0.29) is 23.6 Å². The molecule has 0 fully saturated rings. The van der Waals surface area contributed by atoms with Crippen LogP contribution < -0.4 is 15.2 Å². The Labute approximate surface area is 125 Å². The summed E-state index contributed by atoms with van der Waals surface area (Å²) in [5.41, 5.74) is 0. The first kappa shape index (κ1) is 17.8. The quantitative estimate of drug-likeness (QED) is 0.538. The van der Waals surface area contributed by atoms with Gasteiger partial charge in [0.1, 0.15) is 5.82 Å². The number of hydrogen-bond acceptors (Lipinski definition) is 6. The van der Waals surface area contributed by atoms with Gasteiger partial charge in [-0.25, -0.2) is 31.7 Å². The van der Waals surface area contributed by atoms with Crippen molar-refractivity contribution in [1.82, 2.24) is 9.71 Å². The largest absolute Gasteiger partial charge is 0.370 e. The highest BCUT2D eigenvalue weighted by molar-refractivity contribution is 7.89. The van der Waals surface area contributed by atoms with Crippen LogP contribution in [0.15, 0.2) is 23.2 Å². The van der Waals surface area contributed by atoms with Gasteiger partial charge in [0, 0.05) is 25.4 Å². The van der Waals surface area contributed by atoms with Gasteiger partial charge in [-0.3, -0.25) is 0 Å². The van der Waals surface area contributed by atoms with Crippen LogP contribution in [-0.4, -0.2) is 40.7 Å². The molecule has 0 unspecified atom stereocenters. The number of nitrogens with two attached hydrogens (primary N) is 1. The molecule has 0 spiro atoms. The van der Waals surface area contributed by atoms with Gasteiger partial charge in [0.25, 0.3) is 0 Å². The van der Waals surface area contributed by atoms with Crippen LogP contribution in [0.2, 0.25) is 0 Å². The van der Waals surface area contributed by atoms with Crippen LogP contribution >= 0.6 is 0 Å². The molecule has 0 aliphatic rings. The molecule has 0 radical (unpaired) electrons. The lowest BCUT2D eigenvalue weighted by Crippen LogP contribution is -2.27. The number of aromatic nitrogens is 1. The number of pyridine rings is 1. The van der Waals surface area contributed by atoms with Crippen LogP contribution in [0.3, 0.4) is 0 Å². The lowest BCUT2D eigenvalue weighted by molar-refractivity contribution is 0.576. The van der Waals surface area contributed by atoms with E-state index in [2.05, 4.69) is 15.0 Å². The average molecular weight is 336 g/mol. The van der Waals surface area contributed by atoms with Crippen molar-refractivity contribution in [1.29, 1.82) is 0 Å². The van der Waals surface area contributed by atoms with Crippen LogP contribution in [0.25, 0.3) is 0 Å². The van der Waals surface area contributed by atoms with E-state index in [1.165, 1.54) is 18.3 Å². The number of nitrogens with zero attached hydrogens (tertiary/aromatic N) is 1. The molecule has 0 saturated heterocycles. The standard InChI is InChI=1S/C11H20N4O4S2/c1-2-5-13-11-9-10(4-7-14-11)21(18,19)15-6-3-8-20(12,16)17/h4,7,9,15H,2-3,5-6,8H2,1H3,(H,13,14)(H2,12,16,17). The minimum Gasteiger partial charge on any atom is -0.370 e. The topological polar surface area (TPSA) is 131 Å².